The quantitative estimate of drug-likeness (QED) is 0.561. The minimum atomic E-state index is -3.24. The number of hydrogen-bond donors (Lipinski definition) is 1. The van der Waals surface area contributed by atoms with Crippen LogP contribution in [0, 0.1) is 0 Å². The summed E-state index contributed by atoms with van der Waals surface area (Å²) in [5.41, 5.74) is 5.64. The summed E-state index contributed by atoms with van der Waals surface area (Å²) in [6.07, 6.45) is 1.01. The van der Waals surface area contributed by atoms with Gasteiger partial charge in [0, 0.05) is 5.56 Å². The van der Waals surface area contributed by atoms with Crippen LogP contribution in [0.5, 0.6) is 0 Å². The van der Waals surface area contributed by atoms with Crippen LogP contribution in [0.25, 0.3) is 5.32 Å². The van der Waals surface area contributed by atoms with E-state index < -0.39 is 6.05 Å². The molecule has 1 unspecified atom stereocenters. The fraction of sp³-hybridized carbons (Fsp3) is 0.455. The molecular formula is C11H13F2KN2. The summed E-state index contributed by atoms with van der Waals surface area (Å²) in [7, 11) is 0. The molecule has 5 heteroatoms. The predicted octanol–water partition coefficient (Wildman–Crippen LogP) is -0.440. The van der Waals surface area contributed by atoms with E-state index in [0.717, 1.165) is 25.1 Å². The third kappa shape index (κ3) is 3.56. The zero-order chi connectivity index (χ0) is 10.9. The standard InChI is InChI=1S/C11H13F2N2.K/c12-11(13,14)10-3-1-8(2-4-10)9-5-6-15-7-9;/h1-4,9H,5-7,14H2;/q-1;+1. The molecule has 0 aromatic heterocycles. The fourth-order valence-electron chi connectivity index (χ4n) is 1.84. The van der Waals surface area contributed by atoms with Gasteiger partial charge in [0.25, 0.3) is 0 Å². The number of halogens is 2. The number of nitrogens with two attached hydrogens (primary N) is 1. The van der Waals surface area contributed by atoms with E-state index in [1.54, 1.807) is 12.1 Å². The van der Waals surface area contributed by atoms with Crippen LogP contribution in [-0.4, -0.2) is 13.1 Å². The Balaban J connectivity index is 0.00000128. The topological polar surface area (TPSA) is 40.1 Å². The van der Waals surface area contributed by atoms with E-state index in [1.807, 2.05) is 0 Å². The van der Waals surface area contributed by atoms with Gasteiger partial charge in [-0.3, -0.25) is 5.73 Å². The Morgan fingerprint density at radius 3 is 2.31 bits per heavy atom. The Labute approximate surface area is 136 Å². The number of alkyl halides is 2. The zero-order valence-electron chi connectivity index (χ0n) is 9.29. The molecule has 1 atom stereocenters. The average Bonchev–Trinajstić information content (AvgIpc) is 2.69. The molecule has 0 radical (unpaired) electrons. The van der Waals surface area contributed by atoms with Crippen LogP contribution in [0.4, 0.5) is 8.78 Å². The van der Waals surface area contributed by atoms with Crippen LogP contribution in [0.2, 0.25) is 0 Å². The molecule has 1 fully saturated rings. The Morgan fingerprint density at radius 1 is 1.25 bits per heavy atom. The van der Waals surface area contributed by atoms with Crippen molar-refractivity contribution in [3.63, 3.8) is 0 Å². The largest absolute Gasteiger partial charge is 1.00 e. The van der Waals surface area contributed by atoms with Crippen molar-refractivity contribution in [1.29, 1.82) is 0 Å². The molecule has 1 aromatic rings. The molecule has 82 valence electrons. The van der Waals surface area contributed by atoms with E-state index in [0.29, 0.717) is 5.92 Å². The van der Waals surface area contributed by atoms with Gasteiger partial charge >= 0.3 is 57.4 Å². The number of nitrogens with zero attached hydrogens (tertiary/aromatic N) is 1. The van der Waals surface area contributed by atoms with Crippen LogP contribution in [0.15, 0.2) is 24.3 Å². The third-order valence-corrected chi connectivity index (χ3v) is 2.75. The summed E-state index contributed by atoms with van der Waals surface area (Å²) in [4.78, 5) is 0. The van der Waals surface area contributed by atoms with Crippen LogP contribution in [-0.2, 0) is 6.05 Å². The molecule has 2 N–H and O–H groups in total. The molecular weight excluding hydrogens is 237 g/mol. The van der Waals surface area contributed by atoms with E-state index in [4.69, 9.17) is 5.73 Å². The second-order valence-corrected chi connectivity index (χ2v) is 3.86. The second-order valence-electron chi connectivity index (χ2n) is 3.86. The molecule has 0 aliphatic carbocycles. The maximum atomic E-state index is 12.7. The van der Waals surface area contributed by atoms with Crippen molar-refractivity contribution in [2.24, 2.45) is 5.73 Å². The number of hydrogen-bond acceptors (Lipinski definition) is 1. The minimum Gasteiger partial charge on any atom is -0.662 e. The van der Waals surface area contributed by atoms with Crippen molar-refractivity contribution in [3.05, 3.63) is 40.7 Å². The number of rotatable bonds is 2. The van der Waals surface area contributed by atoms with Gasteiger partial charge in [-0.1, -0.05) is 30.7 Å². The van der Waals surface area contributed by atoms with Gasteiger partial charge in [0.2, 0.25) is 0 Å². The Bertz CT molecular complexity index is 329. The summed E-state index contributed by atoms with van der Waals surface area (Å²) < 4.78 is 25.4. The summed E-state index contributed by atoms with van der Waals surface area (Å²) in [6, 6.07) is 3.00. The predicted molar refractivity (Wildman–Crippen MR) is 55.0 cm³/mol. The van der Waals surface area contributed by atoms with Gasteiger partial charge in [-0.2, -0.15) is 8.78 Å². The molecule has 0 saturated carbocycles. The molecule has 0 spiro atoms. The van der Waals surface area contributed by atoms with Crippen molar-refractivity contribution in [2.75, 3.05) is 13.1 Å². The molecule has 0 bridgehead atoms. The molecule has 1 aliphatic heterocycles. The maximum absolute atomic E-state index is 12.7. The van der Waals surface area contributed by atoms with Crippen molar-refractivity contribution in [2.45, 2.75) is 18.4 Å². The van der Waals surface area contributed by atoms with Gasteiger partial charge < -0.3 is 5.32 Å². The van der Waals surface area contributed by atoms with E-state index in [-0.39, 0.29) is 56.9 Å². The Morgan fingerprint density at radius 2 is 1.88 bits per heavy atom. The van der Waals surface area contributed by atoms with Crippen molar-refractivity contribution in [3.8, 4) is 0 Å². The first-order valence-corrected chi connectivity index (χ1v) is 4.98. The monoisotopic (exact) mass is 250 g/mol. The summed E-state index contributed by atoms with van der Waals surface area (Å²) in [5.74, 6) is 0.394. The van der Waals surface area contributed by atoms with Crippen LogP contribution in [0.1, 0.15) is 23.5 Å². The molecule has 16 heavy (non-hydrogen) atoms. The van der Waals surface area contributed by atoms with Crippen molar-refractivity contribution >= 4 is 0 Å². The average molecular weight is 250 g/mol. The smallest absolute Gasteiger partial charge is 0.662 e. The molecule has 0 amide bonds. The molecule has 1 heterocycles. The van der Waals surface area contributed by atoms with Crippen molar-refractivity contribution < 1.29 is 60.2 Å². The Kier molecular flexibility index (Phi) is 5.51. The van der Waals surface area contributed by atoms with Crippen LogP contribution >= 0.6 is 0 Å². The molecule has 2 nitrogen and oxygen atoms in total. The first kappa shape index (κ1) is 14.7. The fourth-order valence-corrected chi connectivity index (χ4v) is 1.84. The maximum Gasteiger partial charge on any atom is 1.00 e. The zero-order valence-corrected chi connectivity index (χ0v) is 12.4. The van der Waals surface area contributed by atoms with Crippen LogP contribution < -0.4 is 57.1 Å². The number of benzene rings is 1. The van der Waals surface area contributed by atoms with E-state index in [9.17, 15) is 8.78 Å². The van der Waals surface area contributed by atoms with Gasteiger partial charge in [0.05, 0.1) is 0 Å². The first-order chi connectivity index (χ1) is 7.07. The van der Waals surface area contributed by atoms with E-state index in [1.165, 1.54) is 12.1 Å². The van der Waals surface area contributed by atoms with Gasteiger partial charge in [-0.25, -0.2) is 0 Å². The second kappa shape index (κ2) is 6.00. The van der Waals surface area contributed by atoms with Crippen LogP contribution in [0.3, 0.4) is 0 Å². The van der Waals surface area contributed by atoms with E-state index >= 15 is 0 Å². The third-order valence-electron chi connectivity index (χ3n) is 2.75. The SMILES string of the molecule is NC(F)(F)c1ccc(C2CC[N-]C2)cc1.[K+]. The molecule has 1 aliphatic rings. The van der Waals surface area contributed by atoms with E-state index in [2.05, 4.69) is 5.32 Å². The summed E-state index contributed by atoms with van der Waals surface area (Å²) >= 11 is 0. The summed E-state index contributed by atoms with van der Waals surface area (Å²) in [6.45, 7) is 1.68. The minimum absolute atomic E-state index is 0. The van der Waals surface area contributed by atoms with Gasteiger partial charge in [-0.05, 0) is 11.5 Å². The molecule has 1 aromatic carbocycles. The van der Waals surface area contributed by atoms with Crippen molar-refractivity contribution in [1.82, 2.24) is 0 Å². The molecule has 2 rings (SSSR count). The molecule has 1 saturated heterocycles. The summed E-state index contributed by atoms with van der Waals surface area (Å²) in [5, 5.41) is 4.24. The van der Waals surface area contributed by atoms with Gasteiger partial charge in [0.1, 0.15) is 0 Å². The van der Waals surface area contributed by atoms with Gasteiger partial charge in [0.15, 0.2) is 0 Å². The van der Waals surface area contributed by atoms with Gasteiger partial charge in [-0.15, -0.1) is 13.1 Å². The Hall–Kier alpha value is 0.636. The first-order valence-electron chi connectivity index (χ1n) is 4.98. The normalized spacial score (nSPS) is 20.6.